The Balaban J connectivity index is 1.62. The molecule has 0 saturated heterocycles. The first-order valence-electron chi connectivity index (χ1n) is 12.9. The summed E-state index contributed by atoms with van der Waals surface area (Å²) in [5, 5.41) is 31.1. The van der Waals surface area contributed by atoms with Gasteiger partial charge in [-0.2, -0.15) is 0 Å². The van der Waals surface area contributed by atoms with E-state index in [0.717, 1.165) is 25.7 Å². The van der Waals surface area contributed by atoms with Crippen molar-refractivity contribution < 1.29 is 29.7 Å². The van der Waals surface area contributed by atoms with E-state index in [0.29, 0.717) is 42.4 Å². The maximum absolute atomic E-state index is 13.8. The van der Waals surface area contributed by atoms with E-state index < -0.39 is 34.9 Å². The summed E-state index contributed by atoms with van der Waals surface area (Å²) < 4.78 is 0. The molecule has 0 aromatic rings. The fourth-order valence-corrected chi connectivity index (χ4v) is 7.99. The van der Waals surface area contributed by atoms with Gasteiger partial charge in [-0.15, -0.1) is 0 Å². The molecule has 0 spiro atoms. The van der Waals surface area contributed by atoms with E-state index in [-0.39, 0.29) is 35.2 Å². The first-order chi connectivity index (χ1) is 15.9. The van der Waals surface area contributed by atoms with Gasteiger partial charge in [-0.05, 0) is 75.5 Å². The molecule has 0 aliphatic heterocycles. The number of allylic oxidation sites excluding steroid dienone is 1. The van der Waals surface area contributed by atoms with Crippen molar-refractivity contribution >= 4 is 17.5 Å². The number of carboxylic acid groups (broad SMARTS) is 1. The van der Waals surface area contributed by atoms with Crippen LogP contribution in [0.25, 0.3) is 0 Å². The molecule has 6 nitrogen and oxygen atoms in total. The van der Waals surface area contributed by atoms with Crippen molar-refractivity contribution in [2.45, 2.75) is 91.3 Å². The molecular formula is C28H40O6. The fourth-order valence-electron chi connectivity index (χ4n) is 7.99. The summed E-state index contributed by atoms with van der Waals surface area (Å²) in [6.07, 6.45) is 3.75. The van der Waals surface area contributed by atoms with E-state index in [4.69, 9.17) is 0 Å². The molecule has 3 N–H and O–H groups in total. The van der Waals surface area contributed by atoms with Gasteiger partial charge in [-0.25, -0.2) is 0 Å². The zero-order valence-electron chi connectivity index (χ0n) is 21.0. The second-order valence-corrected chi connectivity index (χ2v) is 12.0. The van der Waals surface area contributed by atoms with Crippen LogP contribution in [0.3, 0.4) is 0 Å². The molecule has 0 heterocycles. The molecule has 9 atom stereocenters. The lowest BCUT2D eigenvalue weighted by Crippen LogP contribution is -2.58. The molecule has 6 heteroatoms. The fraction of sp³-hybridized carbons (Fsp3) is 0.750. The van der Waals surface area contributed by atoms with Gasteiger partial charge in [0.05, 0.1) is 12.0 Å². The van der Waals surface area contributed by atoms with Crippen molar-refractivity contribution in [3.05, 3.63) is 23.3 Å². The number of rotatable bonds is 6. The van der Waals surface area contributed by atoms with Crippen LogP contribution in [0.5, 0.6) is 0 Å². The quantitative estimate of drug-likeness (QED) is 0.502. The van der Waals surface area contributed by atoms with Crippen molar-refractivity contribution in [2.24, 2.45) is 40.4 Å². The highest BCUT2D eigenvalue weighted by Crippen LogP contribution is 2.64. The van der Waals surface area contributed by atoms with Crippen LogP contribution in [0.15, 0.2) is 23.3 Å². The Kier molecular flexibility index (Phi) is 6.48. The average Bonchev–Trinajstić information content (AvgIpc) is 3.12. The second kappa shape index (κ2) is 8.70. The Morgan fingerprint density at radius 1 is 1.18 bits per heavy atom. The summed E-state index contributed by atoms with van der Waals surface area (Å²) in [7, 11) is 0. The summed E-state index contributed by atoms with van der Waals surface area (Å²) >= 11 is 0. The molecule has 2 fully saturated rings. The smallest absolute Gasteiger partial charge is 0.310 e. The average molecular weight is 473 g/mol. The lowest BCUT2D eigenvalue weighted by Gasteiger charge is -2.56. The zero-order valence-corrected chi connectivity index (χ0v) is 21.0. The molecule has 4 aliphatic rings. The van der Waals surface area contributed by atoms with Gasteiger partial charge in [-0.1, -0.05) is 32.9 Å². The molecule has 188 valence electrons. The van der Waals surface area contributed by atoms with Crippen LogP contribution >= 0.6 is 0 Å². The molecule has 0 radical (unpaired) electrons. The second-order valence-electron chi connectivity index (χ2n) is 12.0. The van der Waals surface area contributed by atoms with Crippen molar-refractivity contribution in [1.82, 2.24) is 0 Å². The largest absolute Gasteiger partial charge is 0.481 e. The minimum Gasteiger partial charge on any atom is -0.481 e. The van der Waals surface area contributed by atoms with E-state index in [1.54, 1.807) is 6.92 Å². The summed E-state index contributed by atoms with van der Waals surface area (Å²) in [4.78, 5) is 38.5. The van der Waals surface area contributed by atoms with E-state index in [9.17, 15) is 29.7 Å². The highest BCUT2D eigenvalue weighted by molar-refractivity contribution is 6.12. The molecular weight excluding hydrogens is 432 g/mol. The van der Waals surface area contributed by atoms with Gasteiger partial charge in [0.1, 0.15) is 6.10 Å². The summed E-state index contributed by atoms with van der Waals surface area (Å²) in [5.74, 6) is -1.91. The minimum atomic E-state index is -1.14. The van der Waals surface area contributed by atoms with Crippen LogP contribution < -0.4 is 0 Å². The Labute approximate surface area is 202 Å². The van der Waals surface area contributed by atoms with Gasteiger partial charge in [-0.3, -0.25) is 14.4 Å². The number of hydrogen-bond donors (Lipinski definition) is 3. The van der Waals surface area contributed by atoms with Crippen molar-refractivity contribution in [2.75, 3.05) is 0 Å². The summed E-state index contributed by atoms with van der Waals surface area (Å²) in [6, 6.07) is 0. The highest BCUT2D eigenvalue weighted by Gasteiger charge is 2.64. The molecule has 0 bridgehead atoms. The van der Waals surface area contributed by atoms with Crippen LogP contribution in [-0.4, -0.2) is 45.1 Å². The molecule has 4 unspecified atom stereocenters. The number of fused-ring (bicyclic) bond motifs is 4. The summed E-state index contributed by atoms with van der Waals surface area (Å²) in [5.41, 5.74) is 0.754. The van der Waals surface area contributed by atoms with Crippen molar-refractivity contribution in [3.8, 4) is 0 Å². The normalized spacial score (nSPS) is 42.6. The zero-order chi connectivity index (χ0) is 25.2. The molecule has 0 amide bonds. The number of ketones is 2. The molecule has 4 aliphatic carbocycles. The minimum absolute atomic E-state index is 0.0270. The number of carbonyl (C=O) groups excluding carboxylic acids is 2. The first-order valence-corrected chi connectivity index (χ1v) is 12.9. The molecule has 4 rings (SSSR count). The van der Waals surface area contributed by atoms with Crippen LogP contribution in [0.2, 0.25) is 0 Å². The molecule has 2 saturated carbocycles. The van der Waals surface area contributed by atoms with Gasteiger partial charge in [0.15, 0.2) is 11.6 Å². The summed E-state index contributed by atoms with van der Waals surface area (Å²) in [6.45, 7) is 11.6. The van der Waals surface area contributed by atoms with Gasteiger partial charge in [0.2, 0.25) is 0 Å². The van der Waals surface area contributed by atoms with Gasteiger partial charge in [0, 0.05) is 28.4 Å². The van der Waals surface area contributed by atoms with Crippen LogP contribution in [0.4, 0.5) is 0 Å². The van der Waals surface area contributed by atoms with E-state index in [2.05, 4.69) is 13.5 Å². The van der Waals surface area contributed by atoms with E-state index in [1.807, 2.05) is 13.8 Å². The standard InChI is InChI=1S/C28H40O6/c1-14(15(2)26(33)34)7-6-8-17-9-10-18-22-21(30)13-19-16(3)20(29)11-12-27(19,4)23(22)24(31)25(32)28(17,18)5/h15-20,25,29,32H,1,6-13H2,2-5H3,(H,33,34)/t15?,16-,17?,18?,19?,20-,25-,27-,28+/m0/s1. The molecule has 0 aromatic heterocycles. The number of carboxylic acids is 1. The predicted octanol–water partition coefficient (Wildman–Crippen LogP) is 4.09. The number of aliphatic hydroxyl groups is 2. The van der Waals surface area contributed by atoms with Crippen LogP contribution in [-0.2, 0) is 14.4 Å². The lowest BCUT2D eigenvalue weighted by atomic mass is 9.48. The lowest BCUT2D eigenvalue weighted by molar-refractivity contribution is -0.144. The third kappa shape index (κ3) is 3.55. The maximum Gasteiger partial charge on any atom is 0.310 e. The number of Topliss-reactive ketones (excluding diaryl/α,β-unsaturated/α-hetero) is 2. The molecule has 0 aromatic carbocycles. The third-order valence-electron chi connectivity index (χ3n) is 10.5. The Bertz CT molecular complexity index is 949. The predicted molar refractivity (Wildman–Crippen MR) is 128 cm³/mol. The Morgan fingerprint density at radius 3 is 2.50 bits per heavy atom. The Hall–Kier alpha value is -1.79. The van der Waals surface area contributed by atoms with E-state index >= 15 is 0 Å². The van der Waals surface area contributed by atoms with Gasteiger partial charge in [0.25, 0.3) is 0 Å². The number of aliphatic carboxylic acids is 1. The highest BCUT2D eigenvalue weighted by atomic mass is 16.4. The maximum atomic E-state index is 13.8. The monoisotopic (exact) mass is 472 g/mol. The SMILES string of the molecule is C=C(CCCC1CCC2C3=C(C(=O)[C@H](O)[C@]12C)[C@@]1(C)CC[C@H](O)[C@@H](C)C1CC3=O)C(C)C(=O)O. The Morgan fingerprint density at radius 2 is 1.85 bits per heavy atom. The van der Waals surface area contributed by atoms with Crippen LogP contribution in [0, 0.1) is 40.4 Å². The molecule has 34 heavy (non-hydrogen) atoms. The van der Waals surface area contributed by atoms with Crippen LogP contribution in [0.1, 0.15) is 79.1 Å². The third-order valence-corrected chi connectivity index (χ3v) is 10.5. The first kappa shape index (κ1) is 25.3. The van der Waals surface area contributed by atoms with Gasteiger partial charge >= 0.3 is 5.97 Å². The van der Waals surface area contributed by atoms with E-state index in [1.165, 1.54) is 0 Å². The van der Waals surface area contributed by atoms with Crippen molar-refractivity contribution in [1.29, 1.82) is 0 Å². The number of hydrogen-bond acceptors (Lipinski definition) is 5. The number of carbonyl (C=O) groups is 3. The van der Waals surface area contributed by atoms with Crippen molar-refractivity contribution in [3.63, 3.8) is 0 Å². The van der Waals surface area contributed by atoms with Gasteiger partial charge < -0.3 is 15.3 Å². The number of aliphatic hydroxyl groups excluding tert-OH is 2. The topological polar surface area (TPSA) is 112 Å².